The van der Waals surface area contributed by atoms with E-state index in [0.717, 1.165) is 13.1 Å². The molecule has 1 heterocycles. The van der Waals surface area contributed by atoms with Crippen molar-refractivity contribution < 1.29 is 4.84 Å². The number of allylic oxidation sites excluding steroid dienone is 3. The molecule has 0 saturated carbocycles. The predicted octanol–water partition coefficient (Wildman–Crippen LogP) is 2.07. The van der Waals surface area contributed by atoms with Crippen LogP contribution in [0.5, 0.6) is 0 Å². The van der Waals surface area contributed by atoms with E-state index in [9.17, 15) is 0 Å². The lowest BCUT2D eigenvalue weighted by atomic mass is 10.1. The number of oxime groups is 1. The second kappa shape index (κ2) is 7.52. The van der Waals surface area contributed by atoms with Crippen molar-refractivity contribution in [3.05, 3.63) is 23.9 Å². The molecule has 1 aliphatic heterocycles. The van der Waals surface area contributed by atoms with E-state index in [1.807, 2.05) is 12.3 Å². The Balaban J connectivity index is 2.48. The number of hydrogen-bond acceptors (Lipinski definition) is 4. The summed E-state index contributed by atoms with van der Waals surface area (Å²) in [6, 6.07) is 2.10. The summed E-state index contributed by atoms with van der Waals surface area (Å²) in [6.45, 7) is 2.17. The minimum atomic E-state index is 0.575. The van der Waals surface area contributed by atoms with Crippen LogP contribution in [0, 0.1) is 11.3 Å². The standard InChI is InChI=1S/C12H17N3O/c1-16-14-7-5-12(11-13)6-10-15-8-3-2-4-9-15/h5-7,10H,2-4,8-9H2,1H3/b10-6+,12-5-,14-7+. The first-order valence-corrected chi connectivity index (χ1v) is 5.46. The Morgan fingerprint density at radius 2 is 2.12 bits per heavy atom. The quantitative estimate of drug-likeness (QED) is 0.315. The number of piperidine rings is 1. The molecule has 1 saturated heterocycles. The van der Waals surface area contributed by atoms with Gasteiger partial charge in [-0.1, -0.05) is 5.16 Å². The van der Waals surface area contributed by atoms with E-state index in [0.29, 0.717) is 5.57 Å². The molecule has 4 nitrogen and oxygen atoms in total. The summed E-state index contributed by atoms with van der Waals surface area (Å²) in [6.07, 6.45) is 10.7. The Hall–Kier alpha value is -1.76. The van der Waals surface area contributed by atoms with Gasteiger partial charge in [-0.05, 0) is 31.4 Å². The fourth-order valence-electron chi connectivity index (χ4n) is 1.55. The van der Waals surface area contributed by atoms with Gasteiger partial charge < -0.3 is 9.74 Å². The van der Waals surface area contributed by atoms with Gasteiger partial charge in [0.15, 0.2) is 0 Å². The van der Waals surface area contributed by atoms with Gasteiger partial charge in [0.1, 0.15) is 7.11 Å². The van der Waals surface area contributed by atoms with Gasteiger partial charge >= 0.3 is 0 Å². The van der Waals surface area contributed by atoms with E-state index >= 15 is 0 Å². The molecule has 0 bridgehead atoms. The highest BCUT2D eigenvalue weighted by atomic mass is 16.6. The molecule has 1 fully saturated rings. The molecule has 0 N–H and O–H groups in total. The maximum absolute atomic E-state index is 8.86. The van der Waals surface area contributed by atoms with Crippen molar-refractivity contribution in [3.63, 3.8) is 0 Å². The molecule has 0 aromatic heterocycles. The topological polar surface area (TPSA) is 48.6 Å². The summed E-state index contributed by atoms with van der Waals surface area (Å²) < 4.78 is 0. The van der Waals surface area contributed by atoms with Crippen molar-refractivity contribution in [1.29, 1.82) is 5.26 Å². The third kappa shape index (κ3) is 4.65. The monoisotopic (exact) mass is 219 g/mol. The molecule has 0 atom stereocenters. The molecule has 0 aliphatic carbocycles. The number of nitriles is 1. The van der Waals surface area contributed by atoms with Gasteiger partial charge in [0.05, 0.1) is 17.9 Å². The summed E-state index contributed by atoms with van der Waals surface area (Å²) in [5, 5.41) is 12.4. The Kier molecular flexibility index (Phi) is 5.79. The van der Waals surface area contributed by atoms with E-state index in [-0.39, 0.29) is 0 Å². The molecular formula is C12H17N3O. The third-order valence-corrected chi connectivity index (χ3v) is 2.41. The van der Waals surface area contributed by atoms with E-state index in [1.165, 1.54) is 32.6 Å². The molecule has 1 aliphatic rings. The van der Waals surface area contributed by atoms with Crippen LogP contribution in [0.1, 0.15) is 19.3 Å². The molecule has 0 amide bonds. The lowest BCUT2D eigenvalue weighted by molar-refractivity contribution is 0.215. The Morgan fingerprint density at radius 1 is 1.38 bits per heavy atom. The largest absolute Gasteiger partial charge is 0.399 e. The van der Waals surface area contributed by atoms with E-state index in [1.54, 1.807) is 6.08 Å². The highest BCUT2D eigenvalue weighted by Gasteiger charge is 2.04. The van der Waals surface area contributed by atoms with Gasteiger partial charge in [0.2, 0.25) is 0 Å². The molecule has 1 rings (SSSR count). The highest BCUT2D eigenvalue weighted by molar-refractivity contribution is 5.73. The number of hydrogen-bond donors (Lipinski definition) is 0. The van der Waals surface area contributed by atoms with Crippen molar-refractivity contribution in [2.45, 2.75) is 19.3 Å². The highest BCUT2D eigenvalue weighted by Crippen LogP contribution is 2.09. The van der Waals surface area contributed by atoms with Crippen LogP contribution in [-0.2, 0) is 4.84 Å². The smallest absolute Gasteiger partial charge is 0.106 e. The maximum Gasteiger partial charge on any atom is 0.106 e. The lowest BCUT2D eigenvalue weighted by Crippen LogP contribution is -2.24. The molecule has 16 heavy (non-hydrogen) atoms. The second-order valence-corrected chi connectivity index (χ2v) is 3.58. The first kappa shape index (κ1) is 12.3. The van der Waals surface area contributed by atoms with Gasteiger partial charge in [-0.25, -0.2) is 0 Å². The van der Waals surface area contributed by atoms with Crippen molar-refractivity contribution in [2.24, 2.45) is 5.16 Å². The van der Waals surface area contributed by atoms with Gasteiger partial charge in [-0.2, -0.15) is 5.26 Å². The minimum Gasteiger partial charge on any atom is -0.399 e. The molecular weight excluding hydrogens is 202 g/mol. The zero-order valence-corrected chi connectivity index (χ0v) is 9.59. The van der Waals surface area contributed by atoms with Crippen LogP contribution in [0.2, 0.25) is 0 Å². The van der Waals surface area contributed by atoms with Crippen molar-refractivity contribution in [2.75, 3.05) is 20.2 Å². The van der Waals surface area contributed by atoms with Gasteiger partial charge in [0.25, 0.3) is 0 Å². The summed E-state index contributed by atoms with van der Waals surface area (Å²) in [5.41, 5.74) is 0.575. The van der Waals surface area contributed by atoms with Gasteiger partial charge in [-0.3, -0.25) is 0 Å². The molecule has 0 aromatic rings. The lowest BCUT2D eigenvalue weighted by Gasteiger charge is -2.24. The SMILES string of the molecule is CO/N=C/C=C(C#N)/C=C/N1CCCCC1. The normalized spacial score (nSPS) is 18.0. The number of nitrogens with zero attached hydrogens (tertiary/aromatic N) is 3. The van der Waals surface area contributed by atoms with Crippen LogP contribution >= 0.6 is 0 Å². The van der Waals surface area contributed by atoms with Crippen molar-refractivity contribution >= 4 is 6.21 Å². The van der Waals surface area contributed by atoms with E-state index in [4.69, 9.17) is 5.26 Å². The van der Waals surface area contributed by atoms with Crippen LogP contribution in [-0.4, -0.2) is 31.3 Å². The molecule has 86 valence electrons. The van der Waals surface area contributed by atoms with Crippen LogP contribution in [0.15, 0.2) is 29.1 Å². The van der Waals surface area contributed by atoms with Crippen molar-refractivity contribution in [1.82, 2.24) is 4.90 Å². The summed E-state index contributed by atoms with van der Waals surface area (Å²) in [7, 11) is 1.47. The van der Waals surface area contributed by atoms with Gasteiger partial charge in [0, 0.05) is 19.3 Å². The Morgan fingerprint density at radius 3 is 2.75 bits per heavy atom. The minimum absolute atomic E-state index is 0.575. The molecule has 0 spiro atoms. The zero-order chi connectivity index (χ0) is 11.6. The van der Waals surface area contributed by atoms with E-state index < -0.39 is 0 Å². The predicted molar refractivity (Wildman–Crippen MR) is 63.8 cm³/mol. The van der Waals surface area contributed by atoms with Crippen LogP contribution in [0.4, 0.5) is 0 Å². The molecule has 0 unspecified atom stereocenters. The summed E-state index contributed by atoms with van der Waals surface area (Å²) >= 11 is 0. The van der Waals surface area contributed by atoms with Crippen molar-refractivity contribution in [3.8, 4) is 6.07 Å². The van der Waals surface area contributed by atoms with Crippen LogP contribution in [0.3, 0.4) is 0 Å². The Bertz CT molecular complexity index is 320. The summed E-state index contributed by atoms with van der Waals surface area (Å²) in [4.78, 5) is 6.75. The fourth-order valence-corrected chi connectivity index (χ4v) is 1.55. The fraction of sp³-hybridized carbons (Fsp3) is 0.500. The Labute approximate surface area is 96.5 Å². The zero-order valence-electron chi connectivity index (χ0n) is 9.59. The van der Waals surface area contributed by atoms with Crippen LogP contribution in [0.25, 0.3) is 0 Å². The maximum atomic E-state index is 8.86. The van der Waals surface area contributed by atoms with Gasteiger partial charge in [-0.15, -0.1) is 0 Å². The average Bonchev–Trinajstić information content (AvgIpc) is 2.35. The third-order valence-electron chi connectivity index (χ3n) is 2.41. The number of rotatable bonds is 4. The number of likely N-dealkylation sites (tertiary alicyclic amines) is 1. The average molecular weight is 219 g/mol. The summed E-state index contributed by atoms with van der Waals surface area (Å²) in [5.74, 6) is 0. The first-order chi connectivity index (χ1) is 7.86. The second-order valence-electron chi connectivity index (χ2n) is 3.58. The van der Waals surface area contributed by atoms with E-state index in [2.05, 4.69) is 21.0 Å². The molecule has 0 aromatic carbocycles. The molecule has 0 radical (unpaired) electrons. The first-order valence-electron chi connectivity index (χ1n) is 5.46. The molecule has 4 heteroatoms. The van der Waals surface area contributed by atoms with Crippen LogP contribution < -0.4 is 0 Å².